The monoisotopic (exact) mass is 244 g/mol. The van der Waals surface area contributed by atoms with Crippen LogP contribution in [0.15, 0.2) is 37.5 Å². The van der Waals surface area contributed by atoms with Crippen molar-refractivity contribution in [3.63, 3.8) is 0 Å². The van der Waals surface area contributed by atoms with Crippen LogP contribution in [-0.4, -0.2) is 18.8 Å². The molecule has 1 fully saturated rings. The van der Waals surface area contributed by atoms with Crippen molar-refractivity contribution < 1.29 is 18.1 Å². The zero-order chi connectivity index (χ0) is 12.2. The summed E-state index contributed by atoms with van der Waals surface area (Å²) in [5.74, 6) is 0. The molecular formula is C11H17O4P. The summed E-state index contributed by atoms with van der Waals surface area (Å²) in [4.78, 5) is 0. The zero-order valence-corrected chi connectivity index (χ0v) is 10.3. The second-order valence-corrected chi connectivity index (χ2v) is 5.25. The lowest BCUT2D eigenvalue weighted by Gasteiger charge is -2.31. The van der Waals surface area contributed by atoms with Crippen LogP contribution in [0.5, 0.6) is 0 Å². The van der Waals surface area contributed by atoms with Crippen LogP contribution >= 0.6 is 7.82 Å². The van der Waals surface area contributed by atoms with Crippen LogP contribution in [0.1, 0.15) is 13.3 Å². The topological polar surface area (TPSA) is 44.8 Å². The number of hydrogen-bond acceptors (Lipinski definition) is 4. The summed E-state index contributed by atoms with van der Waals surface area (Å²) in [6.45, 7) is 12.8. The Morgan fingerprint density at radius 2 is 1.94 bits per heavy atom. The first-order valence-corrected chi connectivity index (χ1v) is 6.46. The summed E-state index contributed by atoms with van der Waals surface area (Å²) in [7, 11) is -3.52. The van der Waals surface area contributed by atoms with Gasteiger partial charge in [0.05, 0.1) is 18.8 Å². The quantitative estimate of drug-likeness (QED) is 0.550. The Morgan fingerprint density at radius 1 is 1.44 bits per heavy atom. The van der Waals surface area contributed by atoms with E-state index in [2.05, 4.69) is 19.7 Å². The second-order valence-electron chi connectivity index (χ2n) is 3.67. The minimum absolute atomic E-state index is 0.144. The molecule has 4 nitrogen and oxygen atoms in total. The molecule has 0 aromatic heterocycles. The highest BCUT2D eigenvalue weighted by Gasteiger charge is 2.38. The standard InChI is InChI=1S/C11H17O4P/c1-5-10-7-11(6-2)15-16(12,14-10)13-8-9(3)4/h5-6,10-11H,1-3,7-8H2,4H3. The number of phosphoric acid groups is 1. The fraction of sp³-hybridized carbons (Fsp3) is 0.455. The molecule has 16 heavy (non-hydrogen) atoms. The van der Waals surface area contributed by atoms with E-state index in [-0.39, 0.29) is 18.8 Å². The third-order valence-corrected chi connectivity index (χ3v) is 3.49. The first-order chi connectivity index (χ1) is 7.49. The maximum Gasteiger partial charge on any atom is 0.476 e. The summed E-state index contributed by atoms with van der Waals surface area (Å²) in [6.07, 6.45) is 3.03. The Kier molecular flexibility index (Phi) is 4.69. The van der Waals surface area contributed by atoms with Gasteiger partial charge in [-0.05, 0) is 6.92 Å². The van der Waals surface area contributed by atoms with Crippen molar-refractivity contribution in [3.8, 4) is 0 Å². The van der Waals surface area contributed by atoms with Gasteiger partial charge < -0.3 is 0 Å². The Hall–Kier alpha value is -0.670. The molecule has 0 saturated carbocycles. The van der Waals surface area contributed by atoms with Gasteiger partial charge >= 0.3 is 7.82 Å². The Bertz CT molecular complexity index is 317. The van der Waals surface area contributed by atoms with Gasteiger partial charge in [0.2, 0.25) is 0 Å². The Balaban J connectivity index is 2.69. The van der Waals surface area contributed by atoms with E-state index in [9.17, 15) is 4.57 Å². The summed E-state index contributed by atoms with van der Waals surface area (Å²) >= 11 is 0. The minimum atomic E-state index is -3.52. The lowest BCUT2D eigenvalue weighted by atomic mass is 10.1. The highest BCUT2D eigenvalue weighted by molar-refractivity contribution is 7.48. The molecule has 1 aliphatic rings. The lowest BCUT2D eigenvalue weighted by Crippen LogP contribution is -2.26. The molecule has 5 heteroatoms. The molecule has 0 aliphatic carbocycles. The van der Waals surface area contributed by atoms with E-state index in [0.29, 0.717) is 6.42 Å². The maximum atomic E-state index is 12.1. The average Bonchev–Trinajstić information content (AvgIpc) is 2.25. The lowest BCUT2D eigenvalue weighted by molar-refractivity contribution is 0.0260. The highest BCUT2D eigenvalue weighted by Crippen LogP contribution is 2.55. The fourth-order valence-corrected chi connectivity index (χ4v) is 2.76. The van der Waals surface area contributed by atoms with Crippen LogP contribution in [0, 0.1) is 0 Å². The van der Waals surface area contributed by atoms with Crippen LogP contribution in [0.25, 0.3) is 0 Å². The molecule has 2 unspecified atom stereocenters. The molecule has 0 aromatic carbocycles. The third-order valence-electron chi connectivity index (χ3n) is 1.99. The van der Waals surface area contributed by atoms with Crippen molar-refractivity contribution in [2.24, 2.45) is 0 Å². The van der Waals surface area contributed by atoms with Crippen molar-refractivity contribution in [1.82, 2.24) is 0 Å². The molecule has 0 N–H and O–H groups in total. The SMILES string of the molecule is C=CC1CC(C=C)OP(=O)(OCC(=C)C)O1. The van der Waals surface area contributed by atoms with Crippen LogP contribution in [0.2, 0.25) is 0 Å². The Morgan fingerprint density at radius 3 is 2.31 bits per heavy atom. The molecule has 1 heterocycles. The summed E-state index contributed by atoms with van der Waals surface area (Å²) in [6, 6.07) is 0. The summed E-state index contributed by atoms with van der Waals surface area (Å²) in [5.41, 5.74) is 0.748. The van der Waals surface area contributed by atoms with Gasteiger partial charge in [-0.3, -0.25) is 13.6 Å². The average molecular weight is 244 g/mol. The number of rotatable bonds is 5. The second kappa shape index (κ2) is 5.60. The normalized spacial score (nSPS) is 34.3. The van der Waals surface area contributed by atoms with Crippen LogP contribution in [0.3, 0.4) is 0 Å². The fourth-order valence-electron chi connectivity index (χ4n) is 1.20. The minimum Gasteiger partial charge on any atom is -0.282 e. The first-order valence-electron chi connectivity index (χ1n) is 5.00. The molecule has 2 atom stereocenters. The molecule has 1 rings (SSSR count). The summed E-state index contributed by atoms with van der Waals surface area (Å²) in [5, 5.41) is 0. The third kappa shape index (κ3) is 3.72. The molecule has 0 bridgehead atoms. The molecule has 0 radical (unpaired) electrons. The van der Waals surface area contributed by atoms with Crippen molar-refractivity contribution in [1.29, 1.82) is 0 Å². The first kappa shape index (κ1) is 13.4. The van der Waals surface area contributed by atoms with E-state index in [1.807, 2.05) is 0 Å². The van der Waals surface area contributed by atoms with Gasteiger partial charge in [-0.2, -0.15) is 0 Å². The van der Waals surface area contributed by atoms with Gasteiger partial charge in [0.15, 0.2) is 0 Å². The van der Waals surface area contributed by atoms with Crippen molar-refractivity contribution in [2.75, 3.05) is 6.61 Å². The van der Waals surface area contributed by atoms with Crippen molar-refractivity contribution in [3.05, 3.63) is 37.5 Å². The number of hydrogen-bond donors (Lipinski definition) is 0. The molecule has 1 aliphatic heterocycles. The van der Waals surface area contributed by atoms with Gasteiger partial charge in [-0.1, -0.05) is 24.3 Å². The van der Waals surface area contributed by atoms with Gasteiger partial charge in [0.25, 0.3) is 0 Å². The maximum absolute atomic E-state index is 12.1. The van der Waals surface area contributed by atoms with Crippen molar-refractivity contribution >= 4 is 7.82 Å². The zero-order valence-electron chi connectivity index (χ0n) is 9.43. The van der Waals surface area contributed by atoms with E-state index in [4.69, 9.17) is 13.6 Å². The van der Waals surface area contributed by atoms with Crippen molar-refractivity contribution in [2.45, 2.75) is 25.6 Å². The van der Waals surface area contributed by atoms with Gasteiger partial charge in [-0.25, -0.2) is 4.57 Å². The van der Waals surface area contributed by atoms with Gasteiger partial charge in [0.1, 0.15) is 0 Å². The largest absolute Gasteiger partial charge is 0.476 e. The van der Waals surface area contributed by atoms with E-state index in [1.54, 1.807) is 19.1 Å². The van der Waals surface area contributed by atoms with Crippen LogP contribution in [-0.2, 0) is 18.1 Å². The van der Waals surface area contributed by atoms with E-state index in [0.717, 1.165) is 5.57 Å². The van der Waals surface area contributed by atoms with Crippen LogP contribution in [0.4, 0.5) is 0 Å². The molecule has 0 spiro atoms. The predicted octanol–water partition coefficient (Wildman–Crippen LogP) is 3.23. The van der Waals surface area contributed by atoms with Crippen LogP contribution < -0.4 is 0 Å². The summed E-state index contributed by atoms with van der Waals surface area (Å²) < 4.78 is 27.6. The number of phosphoric ester groups is 1. The molecular weight excluding hydrogens is 227 g/mol. The Labute approximate surface area is 96.2 Å². The molecule has 0 amide bonds. The molecule has 90 valence electrons. The van der Waals surface area contributed by atoms with E-state index >= 15 is 0 Å². The smallest absolute Gasteiger partial charge is 0.282 e. The molecule has 1 saturated heterocycles. The van der Waals surface area contributed by atoms with Gasteiger partial charge in [-0.15, -0.1) is 13.2 Å². The highest BCUT2D eigenvalue weighted by atomic mass is 31.2. The molecule has 0 aromatic rings. The van der Waals surface area contributed by atoms with E-state index in [1.165, 1.54) is 0 Å². The predicted molar refractivity (Wildman–Crippen MR) is 63.1 cm³/mol. The van der Waals surface area contributed by atoms with E-state index < -0.39 is 7.82 Å². The van der Waals surface area contributed by atoms with Gasteiger partial charge in [0, 0.05) is 6.42 Å².